The summed E-state index contributed by atoms with van der Waals surface area (Å²) in [5.74, 6) is -1.72. The van der Waals surface area contributed by atoms with Crippen LogP contribution in [0, 0.1) is 5.82 Å². The molecule has 23 heavy (non-hydrogen) atoms. The normalized spacial score (nSPS) is 14.4. The Morgan fingerprint density at radius 1 is 1.13 bits per heavy atom. The fraction of sp³-hybridized carbons (Fsp3) is 0.125. The van der Waals surface area contributed by atoms with Crippen molar-refractivity contribution in [2.75, 3.05) is 22.9 Å². The minimum Gasteiger partial charge on any atom is -0.478 e. The lowest BCUT2D eigenvalue weighted by Gasteiger charge is -2.19. The predicted octanol–water partition coefficient (Wildman–Crippen LogP) is 3.62. The average molecular weight is 335 g/mol. The Morgan fingerprint density at radius 3 is 2.57 bits per heavy atom. The molecule has 1 saturated heterocycles. The van der Waals surface area contributed by atoms with Gasteiger partial charge >= 0.3 is 12.0 Å². The van der Waals surface area contributed by atoms with Gasteiger partial charge < -0.3 is 5.11 Å². The minimum atomic E-state index is -1.07. The van der Waals surface area contributed by atoms with E-state index in [9.17, 15) is 14.0 Å². The third-order valence-corrected chi connectivity index (χ3v) is 3.93. The van der Waals surface area contributed by atoms with Crippen molar-refractivity contribution in [1.29, 1.82) is 0 Å². The van der Waals surface area contributed by atoms with Gasteiger partial charge in [0, 0.05) is 18.8 Å². The van der Waals surface area contributed by atoms with Gasteiger partial charge in [-0.05, 0) is 30.3 Å². The van der Waals surface area contributed by atoms with Gasteiger partial charge in [0.2, 0.25) is 0 Å². The van der Waals surface area contributed by atoms with Crippen LogP contribution in [0.2, 0.25) is 5.02 Å². The highest BCUT2D eigenvalue weighted by atomic mass is 35.5. The number of benzene rings is 2. The van der Waals surface area contributed by atoms with Crippen LogP contribution in [0.15, 0.2) is 42.5 Å². The predicted molar refractivity (Wildman–Crippen MR) is 84.9 cm³/mol. The smallest absolute Gasteiger partial charge is 0.335 e. The van der Waals surface area contributed by atoms with Gasteiger partial charge in [-0.1, -0.05) is 23.7 Å². The molecule has 0 radical (unpaired) electrons. The summed E-state index contributed by atoms with van der Waals surface area (Å²) in [6.07, 6.45) is 0. The number of amides is 2. The van der Waals surface area contributed by atoms with E-state index in [1.165, 1.54) is 34.1 Å². The number of nitrogens with zero attached hydrogens (tertiary/aromatic N) is 2. The third-order valence-electron chi connectivity index (χ3n) is 3.64. The molecule has 7 heteroatoms. The molecule has 1 fully saturated rings. The Balaban J connectivity index is 1.91. The van der Waals surface area contributed by atoms with Crippen molar-refractivity contribution in [1.82, 2.24) is 0 Å². The van der Waals surface area contributed by atoms with Gasteiger partial charge in [-0.2, -0.15) is 0 Å². The number of carbonyl (C=O) groups excluding carboxylic acids is 1. The van der Waals surface area contributed by atoms with E-state index in [1.54, 1.807) is 18.2 Å². The fourth-order valence-electron chi connectivity index (χ4n) is 2.51. The Bertz CT molecular complexity index is 797. The highest BCUT2D eigenvalue weighted by Gasteiger charge is 2.32. The molecule has 0 bridgehead atoms. The molecular formula is C16H12ClFN2O3. The number of hydrogen-bond donors (Lipinski definition) is 1. The molecule has 1 N–H and O–H groups in total. The van der Waals surface area contributed by atoms with E-state index in [1.807, 2.05) is 0 Å². The topological polar surface area (TPSA) is 60.9 Å². The summed E-state index contributed by atoms with van der Waals surface area (Å²) >= 11 is 5.76. The van der Waals surface area contributed by atoms with E-state index in [0.717, 1.165) is 0 Å². The molecule has 1 heterocycles. The number of carboxylic acid groups (broad SMARTS) is 1. The number of halogens is 2. The molecular weight excluding hydrogens is 323 g/mol. The minimum absolute atomic E-state index is 0.0541. The lowest BCUT2D eigenvalue weighted by atomic mass is 10.2. The van der Waals surface area contributed by atoms with Crippen LogP contribution in [0.4, 0.5) is 20.6 Å². The van der Waals surface area contributed by atoms with Crippen molar-refractivity contribution in [3.8, 4) is 0 Å². The SMILES string of the molecule is O=C(O)c1cccc(N2CCN(c3cccc(Cl)c3F)C2=O)c1. The van der Waals surface area contributed by atoms with Gasteiger partial charge in [0.1, 0.15) is 0 Å². The second kappa shape index (κ2) is 5.89. The van der Waals surface area contributed by atoms with Gasteiger partial charge in [0.15, 0.2) is 5.82 Å². The van der Waals surface area contributed by atoms with Gasteiger partial charge in [0.05, 0.1) is 16.3 Å². The summed E-state index contributed by atoms with van der Waals surface area (Å²) in [6, 6.07) is 10.1. The first-order chi connectivity index (χ1) is 11.0. The molecule has 1 aliphatic rings. The summed E-state index contributed by atoms with van der Waals surface area (Å²) in [6.45, 7) is 0.612. The molecule has 0 aliphatic carbocycles. The van der Waals surface area contributed by atoms with Crippen LogP contribution in [0.5, 0.6) is 0 Å². The summed E-state index contributed by atoms with van der Waals surface area (Å²) in [4.78, 5) is 26.3. The molecule has 2 aromatic carbocycles. The first-order valence-corrected chi connectivity index (χ1v) is 7.23. The second-order valence-electron chi connectivity index (χ2n) is 5.01. The van der Waals surface area contributed by atoms with Crippen molar-refractivity contribution in [3.63, 3.8) is 0 Å². The Kier molecular flexibility index (Phi) is 3.92. The van der Waals surface area contributed by atoms with Gasteiger partial charge in [-0.15, -0.1) is 0 Å². The highest BCUT2D eigenvalue weighted by molar-refractivity contribution is 6.31. The van der Waals surface area contributed by atoms with Crippen LogP contribution in [-0.2, 0) is 0 Å². The van der Waals surface area contributed by atoms with Gasteiger partial charge in [-0.3, -0.25) is 9.80 Å². The third kappa shape index (κ3) is 2.73. The van der Waals surface area contributed by atoms with Crippen LogP contribution in [0.3, 0.4) is 0 Å². The van der Waals surface area contributed by atoms with Crippen LogP contribution in [0.25, 0.3) is 0 Å². The molecule has 0 unspecified atom stereocenters. The van der Waals surface area contributed by atoms with E-state index in [0.29, 0.717) is 12.2 Å². The molecule has 0 aromatic heterocycles. The first-order valence-electron chi connectivity index (χ1n) is 6.85. The van der Waals surface area contributed by atoms with E-state index in [-0.39, 0.29) is 22.8 Å². The van der Waals surface area contributed by atoms with E-state index < -0.39 is 17.8 Å². The van der Waals surface area contributed by atoms with Crippen molar-refractivity contribution in [3.05, 3.63) is 58.9 Å². The largest absolute Gasteiger partial charge is 0.478 e. The van der Waals surface area contributed by atoms with Gasteiger partial charge in [-0.25, -0.2) is 14.0 Å². The quantitative estimate of drug-likeness (QED) is 0.932. The zero-order valence-corrected chi connectivity index (χ0v) is 12.6. The maximum Gasteiger partial charge on any atom is 0.335 e. The Hall–Kier alpha value is -2.60. The summed E-state index contributed by atoms with van der Waals surface area (Å²) in [7, 11) is 0. The molecule has 2 amide bonds. The monoisotopic (exact) mass is 334 g/mol. The number of aromatic carboxylic acids is 1. The molecule has 1 aliphatic heterocycles. The van der Waals surface area contributed by atoms with Gasteiger partial charge in [0.25, 0.3) is 0 Å². The molecule has 0 spiro atoms. The maximum atomic E-state index is 14.1. The van der Waals surface area contributed by atoms with Crippen molar-refractivity contribution < 1.29 is 19.1 Å². The summed E-state index contributed by atoms with van der Waals surface area (Å²) < 4.78 is 14.1. The first kappa shape index (κ1) is 15.3. The number of anilines is 2. The Labute approximate surface area is 136 Å². The molecule has 118 valence electrons. The maximum absolute atomic E-state index is 14.1. The molecule has 0 atom stereocenters. The fourth-order valence-corrected chi connectivity index (χ4v) is 2.68. The molecule has 5 nitrogen and oxygen atoms in total. The van der Waals surface area contributed by atoms with E-state index >= 15 is 0 Å². The van der Waals surface area contributed by atoms with Crippen LogP contribution in [-0.4, -0.2) is 30.2 Å². The number of urea groups is 1. The van der Waals surface area contributed by atoms with Crippen molar-refractivity contribution >= 4 is 35.0 Å². The standard InChI is InChI=1S/C16H12ClFN2O3/c17-12-5-2-6-13(14(12)18)20-8-7-19(16(20)23)11-4-1-3-10(9-11)15(21)22/h1-6,9H,7-8H2,(H,21,22). The average Bonchev–Trinajstić information content (AvgIpc) is 2.92. The van der Waals surface area contributed by atoms with Crippen molar-refractivity contribution in [2.45, 2.75) is 0 Å². The lowest BCUT2D eigenvalue weighted by Crippen LogP contribution is -2.32. The van der Waals surface area contributed by atoms with Crippen molar-refractivity contribution in [2.24, 2.45) is 0 Å². The second-order valence-corrected chi connectivity index (χ2v) is 5.42. The molecule has 0 saturated carbocycles. The number of carboxylic acids is 1. The number of carbonyl (C=O) groups is 2. The number of hydrogen-bond acceptors (Lipinski definition) is 2. The molecule has 3 rings (SSSR count). The van der Waals surface area contributed by atoms with Crippen LogP contribution >= 0.6 is 11.6 Å². The summed E-state index contributed by atoms with van der Waals surface area (Å²) in [5.41, 5.74) is 0.655. The summed E-state index contributed by atoms with van der Waals surface area (Å²) in [5, 5.41) is 8.98. The Morgan fingerprint density at radius 2 is 1.83 bits per heavy atom. The highest BCUT2D eigenvalue weighted by Crippen LogP contribution is 2.30. The molecule has 2 aromatic rings. The van der Waals surface area contributed by atoms with Crippen LogP contribution < -0.4 is 9.80 Å². The zero-order valence-electron chi connectivity index (χ0n) is 11.9. The number of rotatable bonds is 3. The van der Waals surface area contributed by atoms with E-state index in [2.05, 4.69) is 0 Å². The van der Waals surface area contributed by atoms with E-state index in [4.69, 9.17) is 16.7 Å². The van der Waals surface area contributed by atoms with Crippen LogP contribution in [0.1, 0.15) is 10.4 Å². The lowest BCUT2D eigenvalue weighted by molar-refractivity contribution is 0.0697. The zero-order chi connectivity index (χ0) is 16.6.